The number of nitrogens with zero attached hydrogens (tertiary/aromatic N) is 3. The second-order valence-corrected chi connectivity index (χ2v) is 4.37. The Morgan fingerprint density at radius 2 is 2.25 bits per heavy atom. The van der Waals surface area contributed by atoms with E-state index in [9.17, 15) is 0 Å². The number of nitrogens with one attached hydrogen (secondary N) is 1. The van der Waals surface area contributed by atoms with Crippen LogP contribution >= 0.6 is 22.9 Å². The summed E-state index contributed by atoms with van der Waals surface area (Å²) in [7, 11) is 0. The van der Waals surface area contributed by atoms with Gasteiger partial charge in [-0.1, -0.05) is 11.6 Å². The number of thiazole rings is 1. The van der Waals surface area contributed by atoms with Gasteiger partial charge < -0.3 is 11.1 Å². The molecule has 0 aromatic carbocycles. The molecule has 84 valence electrons. The molecule has 0 saturated heterocycles. The van der Waals surface area contributed by atoms with Crippen LogP contribution in [0.3, 0.4) is 0 Å². The van der Waals surface area contributed by atoms with Crippen molar-refractivity contribution < 1.29 is 0 Å². The van der Waals surface area contributed by atoms with Crippen LogP contribution < -0.4 is 11.1 Å². The fourth-order valence-corrected chi connectivity index (χ4v) is 1.93. The van der Waals surface area contributed by atoms with Crippen LogP contribution in [0.25, 0.3) is 0 Å². The van der Waals surface area contributed by atoms with Gasteiger partial charge >= 0.3 is 0 Å². The molecule has 0 bridgehead atoms. The Hall–Kier alpha value is -1.40. The monoisotopic (exact) mass is 255 g/mol. The Morgan fingerprint density at radius 3 is 3.00 bits per heavy atom. The molecule has 0 radical (unpaired) electrons. The van der Waals surface area contributed by atoms with E-state index in [0.717, 1.165) is 11.4 Å². The zero-order valence-electron chi connectivity index (χ0n) is 8.35. The van der Waals surface area contributed by atoms with Crippen molar-refractivity contribution >= 4 is 34.4 Å². The maximum Gasteiger partial charge on any atom is 0.157 e. The number of nitrogens with two attached hydrogens (primary N) is 1. The van der Waals surface area contributed by atoms with Crippen molar-refractivity contribution in [2.75, 3.05) is 17.6 Å². The number of anilines is 2. The van der Waals surface area contributed by atoms with Crippen molar-refractivity contribution in [2.24, 2.45) is 0 Å². The maximum absolute atomic E-state index is 5.77. The van der Waals surface area contributed by atoms with Gasteiger partial charge in [0.25, 0.3) is 0 Å². The van der Waals surface area contributed by atoms with Crippen LogP contribution in [-0.2, 0) is 6.42 Å². The van der Waals surface area contributed by atoms with Crippen molar-refractivity contribution in [3.63, 3.8) is 0 Å². The molecule has 16 heavy (non-hydrogen) atoms. The molecule has 5 nitrogen and oxygen atoms in total. The fraction of sp³-hybridized carbons (Fsp3) is 0.222. The van der Waals surface area contributed by atoms with Gasteiger partial charge in [0, 0.05) is 24.5 Å². The largest absolute Gasteiger partial charge is 0.393 e. The lowest BCUT2D eigenvalue weighted by Gasteiger charge is -2.07. The average molecular weight is 256 g/mol. The van der Waals surface area contributed by atoms with Gasteiger partial charge in [0.15, 0.2) is 11.0 Å². The molecular formula is C9H10ClN5S. The molecule has 2 aromatic rings. The normalized spacial score (nSPS) is 10.3. The van der Waals surface area contributed by atoms with Crippen molar-refractivity contribution in [3.8, 4) is 0 Å². The van der Waals surface area contributed by atoms with Crippen LogP contribution in [0.4, 0.5) is 11.5 Å². The second-order valence-electron chi connectivity index (χ2n) is 3.03. The molecule has 0 fully saturated rings. The van der Waals surface area contributed by atoms with E-state index >= 15 is 0 Å². The molecule has 0 aliphatic rings. The predicted octanol–water partition coefficient (Wildman–Crippen LogP) is 1.82. The van der Waals surface area contributed by atoms with E-state index in [1.165, 1.54) is 6.33 Å². The van der Waals surface area contributed by atoms with E-state index in [1.807, 2.05) is 5.38 Å². The van der Waals surface area contributed by atoms with Gasteiger partial charge in [0.1, 0.15) is 12.0 Å². The van der Waals surface area contributed by atoms with E-state index in [4.69, 9.17) is 17.3 Å². The molecule has 0 unspecified atom stereocenters. The highest BCUT2D eigenvalue weighted by Crippen LogP contribution is 2.21. The molecule has 0 amide bonds. The Morgan fingerprint density at radius 1 is 1.38 bits per heavy atom. The molecule has 2 heterocycles. The second kappa shape index (κ2) is 5.09. The number of nitrogen functional groups attached to an aromatic ring is 1. The highest BCUT2D eigenvalue weighted by atomic mass is 35.5. The summed E-state index contributed by atoms with van der Waals surface area (Å²) in [5, 5.41) is 6.39. The van der Waals surface area contributed by atoms with Crippen LogP contribution in [0, 0.1) is 0 Å². The van der Waals surface area contributed by atoms with Crippen LogP contribution in [0.15, 0.2) is 17.9 Å². The summed E-state index contributed by atoms with van der Waals surface area (Å²) >= 11 is 7.39. The summed E-state index contributed by atoms with van der Waals surface area (Å²) in [5.41, 5.74) is 6.09. The van der Waals surface area contributed by atoms with Gasteiger partial charge in [-0.25, -0.2) is 15.0 Å². The van der Waals surface area contributed by atoms with Gasteiger partial charge in [0.05, 0.1) is 5.01 Å². The first-order valence-electron chi connectivity index (χ1n) is 4.65. The predicted molar refractivity (Wildman–Crippen MR) is 65.8 cm³/mol. The molecule has 3 N–H and O–H groups in total. The Kier molecular flexibility index (Phi) is 3.53. The smallest absolute Gasteiger partial charge is 0.157 e. The van der Waals surface area contributed by atoms with Crippen molar-refractivity contribution in [1.29, 1.82) is 0 Å². The minimum Gasteiger partial charge on any atom is -0.393 e. The van der Waals surface area contributed by atoms with Crippen molar-refractivity contribution in [3.05, 3.63) is 28.1 Å². The third kappa shape index (κ3) is 2.59. The lowest BCUT2D eigenvalue weighted by Crippen LogP contribution is -2.09. The van der Waals surface area contributed by atoms with Crippen LogP contribution in [0.1, 0.15) is 5.01 Å². The summed E-state index contributed by atoms with van der Waals surface area (Å²) in [6, 6.07) is 0. The van der Waals surface area contributed by atoms with Crippen molar-refractivity contribution in [1.82, 2.24) is 15.0 Å². The third-order valence-corrected chi connectivity index (χ3v) is 3.09. The van der Waals surface area contributed by atoms with E-state index in [1.54, 1.807) is 17.5 Å². The van der Waals surface area contributed by atoms with Crippen molar-refractivity contribution in [2.45, 2.75) is 6.42 Å². The SMILES string of the molecule is Nc1c(Cl)ncnc1NCCc1nccs1. The first-order valence-corrected chi connectivity index (χ1v) is 5.91. The molecule has 0 spiro atoms. The molecule has 2 rings (SSSR count). The minimum atomic E-state index is 0.270. The van der Waals surface area contributed by atoms with E-state index in [0.29, 0.717) is 18.1 Å². The molecular weight excluding hydrogens is 246 g/mol. The summed E-state index contributed by atoms with van der Waals surface area (Å²) in [6.07, 6.45) is 4.00. The first-order chi connectivity index (χ1) is 7.77. The van der Waals surface area contributed by atoms with Gasteiger partial charge in [-0.2, -0.15) is 0 Å². The zero-order chi connectivity index (χ0) is 11.4. The Labute approximate surface area is 102 Å². The molecule has 7 heteroatoms. The van der Waals surface area contributed by atoms with Crippen LogP contribution in [0.2, 0.25) is 5.15 Å². The standard InChI is InChI=1S/C9H10ClN5S/c10-8-7(11)9(15-5-14-8)13-2-1-6-12-3-4-16-6/h3-5H,1-2,11H2,(H,13,14,15). The van der Waals surface area contributed by atoms with Gasteiger partial charge in [-0.15, -0.1) is 11.3 Å². The summed E-state index contributed by atoms with van der Waals surface area (Å²) in [5.74, 6) is 0.566. The third-order valence-electron chi connectivity index (χ3n) is 1.95. The fourth-order valence-electron chi connectivity index (χ4n) is 1.18. The van der Waals surface area contributed by atoms with Gasteiger partial charge in [-0.05, 0) is 0 Å². The number of aromatic nitrogens is 3. The minimum absolute atomic E-state index is 0.270. The van der Waals surface area contributed by atoms with E-state index in [-0.39, 0.29) is 5.15 Å². The lowest BCUT2D eigenvalue weighted by molar-refractivity contribution is 0.983. The Bertz CT molecular complexity index is 459. The van der Waals surface area contributed by atoms with E-state index < -0.39 is 0 Å². The average Bonchev–Trinajstić information content (AvgIpc) is 2.77. The Balaban J connectivity index is 1.92. The molecule has 0 aliphatic heterocycles. The number of halogens is 1. The number of hydrogen-bond donors (Lipinski definition) is 2. The summed E-state index contributed by atoms with van der Waals surface area (Å²) in [6.45, 7) is 0.713. The summed E-state index contributed by atoms with van der Waals surface area (Å²) < 4.78 is 0. The topological polar surface area (TPSA) is 76.7 Å². The molecule has 2 aromatic heterocycles. The maximum atomic E-state index is 5.77. The van der Waals surface area contributed by atoms with Crippen LogP contribution in [-0.4, -0.2) is 21.5 Å². The van der Waals surface area contributed by atoms with Gasteiger partial charge in [0.2, 0.25) is 0 Å². The summed E-state index contributed by atoms with van der Waals surface area (Å²) in [4.78, 5) is 12.0. The quantitative estimate of drug-likeness (QED) is 0.815. The molecule has 0 atom stereocenters. The lowest BCUT2D eigenvalue weighted by atomic mass is 10.4. The first kappa shape index (κ1) is 11.1. The molecule has 0 aliphatic carbocycles. The molecule has 0 saturated carbocycles. The number of hydrogen-bond acceptors (Lipinski definition) is 6. The van der Waals surface area contributed by atoms with Crippen LogP contribution in [0.5, 0.6) is 0 Å². The number of rotatable bonds is 4. The zero-order valence-corrected chi connectivity index (χ0v) is 9.92. The van der Waals surface area contributed by atoms with E-state index in [2.05, 4.69) is 20.3 Å². The van der Waals surface area contributed by atoms with Gasteiger partial charge in [-0.3, -0.25) is 0 Å². The highest BCUT2D eigenvalue weighted by molar-refractivity contribution is 7.09. The highest BCUT2D eigenvalue weighted by Gasteiger charge is 2.05.